The molecule has 1 spiro atoms. The molecule has 0 atom stereocenters. The highest BCUT2D eigenvalue weighted by Crippen LogP contribution is 2.32. The molecule has 2 heterocycles. The van der Waals surface area contributed by atoms with Crippen LogP contribution in [0, 0.1) is 5.41 Å². The monoisotopic (exact) mass is 113 g/mol. The van der Waals surface area contributed by atoms with Crippen LogP contribution in [0.1, 0.15) is 0 Å². The molecule has 2 heteroatoms. The van der Waals surface area contributed by atoms with Crippen molar-refractivity contribution in [2.24, 2.45) is 5.41 Å². The largest absolute Gasteiger partial charge is 0.315 e. The predicted molar refractivity (Wildman–Crippen MR) is 32.8 cm³/mol. The highest BCUT2D eigenvalue weighted by atomic mass is 15.2. The zero-order valence-corrected chi connectivity index (χ0v) is 5.22. The molecule has 0 aliphatic carbocycles. The van der Waals surface area contributed by atoms with Gasteiger partial charge in [0, 0.05) is 31.6 Å². The number of likely N-dealkylation sites (tertiary alicyclic amines) is 1. The van der Waals surface area contributed by atoms with Gasteiger partial charge in [-0.3, -0.25) is 0 Å². The minimum atomic E-state index is 0.552. The van der Waals surface area contributed by atoms with Crippen molar-refractivity contribution in [3.05, 3.63) is 0 Å². The van der Waals surface area contributed by atoms with Crippen LogP contribution >= 0.6 is 0 Å². The molecule has 0 aromatic heterocycles. The van der Waals surface area contributed by atoms with E-state index in [1.54, 1.807) is 5.31 Å². The molecular weight excluding hydrogens is 100 g/mol. The third-order valence-corrected chi connectivity index (χ3v) is 2.11. The first kappa shape index (κ1) is 3.85. The molecule has 0 aromatic carbocycles. The summed E-state index contributed by atoms with van der Waals surface area (Å²) in [5, 5.41) is 1.65. The molecule has 0 radical (unpaired) electrons. The van der Waals surface area contributed by atoms with Gasteiger partial charge in [-0.15, -0.1) is 0 Å². The number of nitrogens with zero attached hydrogens (tertiary/aromatic N) is 1. The third-order valence-electron chi connectivity index (χ3n) is 2.11. The normalized spacial score (nSPS) is 38.4. The van der Waals surface area contributed by atoms with Crippen LogP contribution in [0.2, 0.25) is 1.41 Å². The summed E-state index contributed by atoms with van der Waals surface area (Å²) in [7, 11) is 2.14. The van der Waals surface area contributed by atoms with Crippen LogP contribution in [0.3, 0.4) is 0 Å². The van der Waals surface area contributed by atoms with Crippen LogP contribution in [0.25, 0.3) is 0 Å². The van der Waals surface area contributed by atoms with E-state index in [4.69, 9.17) is 1.41 Å². The van der Waals surface area contributed by atoms with Crippen molar-refractivity contribution in [3.63, 3.8) is 0 Å². The van der Waals surface area contributed by atoms with Gasteiger partial charge >= 0.3 is 0 Å². The molecule has 0 unspecified atom stereocenters. The van der Waals surface area contributed by atoms with Gasteiger partial charge in [0.25, 0.3) is 0 Å². The molecule has 2 nitrogen and oxygen atoms in total. The van der Waals surface area contributed by atoms with E-state index in [-0.39, 0.29) is 0 Å². The van der Waals surface area contributed by atoms with Crippen LogP contribution < -0.4 is 5.31 Å². The lowest BCUT2D eigenvalue weighted by atomic mass is 9.75. The topological polar surface area (TPSA) is 15.3 Å². The van der Waals surface area contributed by atoms with Gasteiger partial charge in [-0.2, -0.15) is 0 Å². The van der Waals surface area contributed by atoms with Crippen molar-refractivity contribution in [2.75, 3.05) is 33.2 Å². The molecule has 0 saturated carbocycles. The first-order valence-electron chi connectivity index (χ1n) is 3.57. The average Bonchev–Trinajstić information content (AvgIpc) is 1.58. The van der Waals surface area contributed by atoms with E-state index in [1.807, 2.05) is 0 Å². The third kappa shape index (κ3) is 0.446. The molecule has 2 aliphatic heterocycles. The fourth-order valence-electron chi connectivity index (χ4n) is 1.73. The van der Waals surface area contributed by atoms with E-state index >= 15 is 0 Å². The van der Waals surface area contributed by atoms with Gasteiger partial charge in [-0.25, -0.2) is 0 Å². The zero-order chi connectivity index (χ0) is 6.48. The first-order chi connectivity index (χ1) is 4.20. The summed E-state index contributed by atoms with van der Waals surface area (Å²) in [6.07, 6.45) is 0. The van der Waals surface area contributed by atoms with Gasteiger partial charge in [0.2, 0.25) is 0 Å². The van der Waals surface area contributed by atoms with Gasteiger partial charge in [0.1, 0.15) is 1.41 Å². The number of nitrogens with one attached hydrogen (secondary N) is 1. The molecule has 46 valence electrons. The number of hydrogen-bond acceptors (Lipinski definition) is 2. The fraction of sp³-hybridized carbons (Fsp3) is 1.00. The minimum Gasteiger partial charge on any atom is -0.315 e. The van der Waals surface area contributed by atoms with E-state index in [0.29, 0.717) is 5.41 Å². The summed E-state index contributed by atoms with van der Waals surface area (Å²) >= 11 is 0. The Hall–Kier alpha value is -0.0800. The maximum atomic E-state index is 7.19. The summed E-state index contributed by atoms with van der Waals surface area (Å²) in [6.45, 7) is 4.42. The lowest BCUT2D eigenvalue weighted by Crippen LogP contribution is -2.69. The molecule has 2 rings (SSSR count). The Labute approximate surface area is 51.3 Å². The predicted octanol–water partition coefficient (Wildman–Crippen LogP) is -0.479. The van der Waals surface area contributed by atoms with Gasteiger partial charge in [-0.05, 0) is 7.05 Å². The molecule has 2 fully saturated rings. The Kier molecular flexibility index (Phi) is 0.603. The van der Waals surface area contributed by atoms with Crippen LogP contribution in [0.4, 0.5) is 0 Å². The van der Waals surface area contributed by atoms with Crippen LogP contribution in [-0.2, 0) is 0 Å². The van der Waals surface area contributed by atoms with Gasteiger partial charge < -0.3 is 10.2 Å². The Bertz CT molecular complexity index is 106. The Balaban J connectivity index is 1.87. The smallest absolute Gasteiger partial charge is 0.122 e. The van der Waals surface area contributed by atoms with Crippen molar-refractivity contribution in [1.82, 2.24) is 10.2 Å². The van der Waals surface area contributed by atoms with E-state index < -0.39 is 0 Å². The summed E-state index contributed by atoms with van der Waals surface area (Å²) in [5.74, 6) is 0. The van der Waals surface area contributed by atoms with Crippen molar-refractivity contribution in [2.45, 2.75) is 0 Å². The van der Waals surface area contributed by atoms with E-state index in [9.17, 15) is 0 Å². The molecule has 0 aromatic rings. The maximum Gasteiger partial charge on any atom is 0.122 e. The minimum absolute atomic E-state index is 0.552. The molecule has 0 amide bonds. The average molecular weight is 113 g/mol. The highest BCUT2D eigenvalue weighted by Gasteiger charge is 2.45. The summed E-state index contributed by atoms with van der Waals surface area (Å²) in [5.41, 5.74) is 0.552. The van der Waals surface area contributed by atoms with Crippen LogP contribution in [0.5, 0.6) is 0 Å². The summed E-state index contributed by atoms with van der Waals surface area (Å²) in [6, 6.07) is 0. The van der Waals surface area contributed by atoms with Gasteiger partial charge in [-0.1, -0.05) is 0 Å². The molecule has 2 saturated heterocycles. The zero-order valence-electron chi connectivity index (χ0n) is 6.22. The second-order valence-corrected chi connectivity index (χ2v) is 3.21. The SMILES string of the molecule is [2H]N1CC2(C1)CN(C)C2. The number of rotatable bonds is 0. The first-order valence-corrected chi connectivity index (χ1v) is 3.13. The Morgan fingerprint density at radius 3 is 2.62 bits per heavy atom. The van der Waals surface area contributed by atoms with Crippen molar-refractivity contribution in [1.29, 1.82) is 0 Å². The maximum absolute atomic E-state index is 7.19. The van der Waals surface area contributed by atoms with E-state index in [2.05, 4.69) is 11.9 Å². The van der Waals surface area contributed by atoms with Gasteiger partial charge in [0.15, 0.2) is 0 Å². The Morgan fingerprint density at radius 2 is 2.25 bits per heavy atom. The second kappa shape index (κ2) is 1.25. The second-order valence-electron chi connectivity index (χ2n) is 3.21. The van der Waals surface area contributed by atoms with Gasteiger partial charge in [0.05, 0.1) is 0 Å². The van der Waals surface area contributed by atoms with Crippen molar-refractivity contribution in [3.8, 4) is 0 Å². The highest BCUT2D eigenvalue weighted by molar-refractivity contribution is 5.02. The lowest BCUT2D eigenvalue weighted by molar-refractivity contribution is -0.0218. The lowest BCUT2D eigenvalue weighted by Gasteiger charge is -2.55. The van der Waals surface area contributed by atoms with Crippen LogP contribution in [-0.4, -0.2) is 38.1 Å². The molecule has 2 aliphatic rings. The Morgan fingerprint density at radius 1 is 1.62 bits per heavy atom. The summed E-state index contributed by atoms with van der Waals surface area (Å²) in [4.78, 5) is 2.31. The fourth-order valence-corrected chi connectivity index (χ4v) is 1.73. The van der Waals surface area contributed by atoms with E-state index in [1.165, 1.54) is 13.1 Å². The van der Waals surface area contributed by atoms with Crippen molar-refractivity contribution >= 4 is 0 Å². The molecular formula is C6H12N2. The molecule has 1 N–H and O–H groups in total. The van der Waals surface area contributed by atoms with Crippen molar-refractivity contribution < 1.29 is 1.41 Å². The van der Waals surface area contributed by atoms with E-state index in [0.717, 1.165) is 13.1 Å². The summed E-state index contributed by atoms with van der Waals surface area (Å²) < 4.78 is 7.19. The quantitative estimate of drug-likeness (QED) is 0.456. The molecule has 8 heavy (non-hydrogen) atoms. The standard InChI is InChI=1S/C6H12N2/c1-8-4-6(5-8)2-7-3-6/h7H,2-5H2,1H3/i/hD. The molecule has 0 bridgehead atoms. The van der Waals surface area contributed by atoms with Crippen LogP contribution in [0.15, 0.2) is 0 Å². The number of hydrogen-bond donors (Lipinski definition) is 1.